The van der Waals surface area contributed by atoms with E-state index < -0.39 is 0 Å². The first kappa shape index (κ1) is 17.4. The van der Waals surface area contributed by atoms with Crippen LogP contribution in [0.25, 0.3) is 0 Å². The highest BCUT2D eigenvalue weighted by molar-refractivity contribution is 5.92. The number of nitrogens with zero attached hydrogens (tertiary/aromatic N) is 3. The molecule has 3 rings (SSSR count). The van der Waals surface area contributed by atoms with Crippen LogP contribution in [0.2, 0.25) is 0 Å². The standard InChI is InChI=1S/C18H24N4O3/c1-14-10-17(25-20-14)12-21-6-8-22(9-7-21)13-18(23)19-15-4-3-5-16(11-15)24-2/h3-5,10-11H,6-9,12-13H2,1-2H3,(H,19,23). The van der Waals surface area contributed by atoms with E-state index in [1.54, 1.807) is 7.11 Å². The number of methoxy groups -OCH3 is 1. The van der Waals surface area contributed by atoms with E-state index in [1.165, 1.54) is 0 Å². The summed E-state index contributed by atoms with van der Waals surface area (Å²) >= 11 is 0. The number of amides is 1. The van der Waals surface area contributed by atoms with Crippen molar-refractivity contribution in [2.75, 3.05) is 45.2 Å². The van der Waals surface area contributed by atoms with Gasteiger partial charge in [-0.2, -0.15) is 0 Å². The van der Waals surface area contributed by atoms with Crippen LogP contribution in [0.3, 0.4) is 0 Å². The average molecular weight is 344 g/mol. The van der Waals surface area contributed by atoms with E-state index in [0.717, 1.165) is 55.6 Å². The van der Waals surface area contributed by atoms with Gasteiger partial charge in [-0.05, 0) is 19.1 Å². The summed E-state index contributed by atoms with van der Waals surface area (Å²) < 4.78 is 10.4. The van der Waals surface area contributed by atoms with Crippen LogP contribution in [0.5, 0.6) is 5.75 Å². The molecule has 7 nitrogen and oxygen atoms in total. The van der Waals surface area contributed by atoms with E-state index >= 15 is 0 Å². The molecule has 7 heteroatoms. The van der Waals surface area contributed by atoms with Crippen LogP contribution >= 0.6 is 0 Å². The first-order chi connectivity index (χ1) is 12.1. The van der Waals surface area contributed by atoms with Gasteiger partial charge in [0.1, 0.15) is 5.75 Å². The lowest BCUT2D eigenvalue weighted by Crippen LogP contribution is -2.48. The molecule has 0 aliphatic carbocycles. The number of carbonyl (C=O) groups excluding carboxylic acids is 1. The van der Waals surface area contributed by atoms with Gasteiger partial charge < -0.3 is 14.6 Å². The number of hydrogen-bond acceptors (Lipinski definition) is 6. The van der Waals surface area contributed by atoms with Gasteiger partial charge >= 0.3 is 0 Å². The van der Waals surface area contributed by atoms with E-state index in [1.807, 2.05) is 37.3 Å². The Balaban J connectivity index is 1.42. The molecule has 25 heavy (non-hydrogen) atoms. The second kappa shape index (κ2) is 8.13. The molecule has 0 bridgehead atoms. The van der Waals surface area contributed by atoms with Gasteiger partial charge in [0.15, 0.2) is 5.76 Å². The maximum absolute atomic E-state index is 12.2. The Hall–Kier alpha value is -2.38. The lowest BCUT2D eigenvalue weighted by molar-refractivity contribution is -0.117. The summed E-state index contributed by atoms with van der Waals surface area (Å²) in [6.45, 7) is 6.62. The number of piperazine rings is 1. The van der Waals surface area contributed by atoms with Crippen LogP contribution in [0.1, 0.15) is 11.5 Å². The maximum Gasteiger partial charge on any atom is 0.238 e. The minimum absolute atomic E-state index is 0.00689. The molecule has 134 valence electrons. The Labute approximate surface area is 147 Å². The molecule has 1 aromatic heterocycles. The molecule has 0 spiro atoms. The monoisotopic (exact) mass is 344 g/mol. The SMILES string of the molecule is COc1cccc(NC(=O)CN2CCN(Cc3cc(C)no3)CC2)c1. The highest BCUT2D eigenvalue weighted by atomic mass is 16.5. The third kappa shape index (κ3) is 5.04. The molecule has 1 saturated heterocycles. The molecule has 2 aromatic rings. The van der Waals surface area contributed by atoms with Crippen molar-refractivity contribution in [1.29, 1.82) is 0 Å². The van der Waals surface area contributed by atoms with E-state index in [9.17, 15) is 4.79 Å². The third-order valence-electron chi connectivity index (χ3n) is 4.24. The van der Waals surface area contributed by atoms with E-state index in [4.69, 9.17) is 9.26 Å². The largest absolute Gasteiger partial charge is 0.497 e. The third-order valence-corrected chi connectivity index (χ3v) is 4.24. The van der Waals surface area contributed by atoms with Crippen LogP contribution in [0.4, 0.5) is 5.69 Å². The van der Waals surface area contributed by atoms with Crippen LogP contribution in [0.15, 0.2) is 34.9 Å². The van der Waals surface area contributed by atoms with E-state index in [-0.39, 0.29) is 5.91 Å². The van der Waals surface area contributed by atoms with Crippen molar-refractivity contribution in [1.82, 2.24) is 15.0 Å². The number of aryl methyl sites for hydroxylation is 1. The van der Waals surface area contributed by atoms with Gasteiger partial charge in [-0.1, -0.05) is 11.2 Å². The molecule has 1 aliphatic heterocycles. The number of carbonyl (C=O) groups is 1. The topological polar surface area (TPSA) is 70.8 Å². The zero-order chi connectivity index (χ0) is 17.6. The van der Waals surface area contributed by atoms with Crippen LogP contribution in [-0.4, -0.2) is 60.7 Å². The van der Waals surface area contributed by atoms with Crippen LogP contribution < -0.4 is 10.1 Å². The second-order valence-electron chi connectivity index (χ2n) is 6.27. The average Bonchev–Trinajstić information content (AvgIpc) is 3.01. The fourth-order valence-corrected chi connectivity index (χ4v) is 2.92. The number of nitrogens with one attached hydrogen (secondary N) is 1. The summed E-state index contributed by atoms with van der Waals surface area (Å²) in [5.74, 6) is 1.61. The summed E-state index contributed by atoms with van der Waals surface area (Å²) in [7, 11) is 1.61. The Morgan fingerprint density at radius 1 is 1.24 bits per heavy atom. The minimum atomic E-state index is -0.00689. The molecule has 1 aliphatic rings. The van der Waals surface area contributed by atoms with Crippen molar-refractivity contribution in [3.8, 4) is 5.75 Å². The molecule has 1 fully saturated rings. The Morgan fingerprint density at radius 3 is 2.68 bits per heavy atom. The molecule has 1 amide bonds. The molecule has 1 N–H and O–H groups in total. The zero-order valence-electron chi connectivity index (χ0n) is 14.7. The molecule has 0 saturated carbocycles. The lowest BCUT2D eigenvalue weighted by Gasteiger charge is -2.33. The van der Waals surface area contributed by atoms with Crippen molar-refractivity contribution in [3.05, 3.63) is 41.8 Å². The maximum atomic E-state index is 12.2. The number of rotatable bonds is 6. The molecular weight excluding hydrogens is 320 g/mol. The summed E-state index contributed by atoms with van der Waals surface area (Å²) in [4.78, 5) is 16.7. The van der Waals surface area contributed by atoms with Crippen molar-refractivity contribution >= 4 is 11.6 Å². The van der Waals surface area contributed by atoms with Gasteiger partial charge in [0.05, 0.1) is 25.9 Å². The van der Waals surface area contributed by atoms with Gasteiger partial charge in [0.2, 0.25) is 5.91 Å². The van der Waals surface area contributed by atoms with Gasteiger partial charge in [-0.15, -0.1) is 0 Å². The second-order valence-corrected chi connectivity index (χ2v) is 6.27. The first-order valence-corrected chi connectivity index (χ1v) is 8.43. The molecular formula is C18H24N4O3. The highest BCUT2D eigenvalue weighted by Crippen LogP contribution is 2.16. The number of anilines is 1. The molecule has 0 radical (unpaired) electrons. The fraction of sp³-hybridized carbons (Fsp3) is 0.444. The Kier molecular flexibility index (Phi) is 5.67. The molecule has 0 unspecified atom stereocenters. The van der Waals surface area contributed by atoms with Crippen molar-refractivity contribution in [3.63, 3.8) is 0 Å². The van der Waals surface area contributed by atoms with Gasteiger partial charge in [-0.3, -0.25) is 14.6 Å². The Bertz CT molecular complexity index is 708. The summed E-state index contributed by atoms with van der Waals surface area (Å²) in [5.41, 5.74) is 1.66. The van der Waals surface area contributed by atoms with Crippen molar-refractivity contribution in [2.45, 2.75) is 13.5 Å². The summed E-state index contributed by atoms with van der Waals surface area (Å²) in [5, 5.41) is 6.83. The number of benzene rings is 1. The van der Waals surface area contributed by atoms with Crippen LogP contribution in [-0.2, 0) is 11.3 Å². The molecule has 2 heterocycles. The van der Waals surface area contributed by atoms with Crippen molar-refractivity contribution in [2.24, 2.45) is 0 Å². The summed E-state index contributed by atoms with van der Waals surface area (Å²) in [6, 6.07) is 9.35. The van der Waals surface area contributed by atoms with Gasteiger partial charge in [-0.25, -0.2) is 0 Å². The highest BCUT2D eigenvalue weighted by Gasteiger charge is 2.20. The fourth-order valence-electron chi connectivity index (χ4n) is 2.92. The lowest BCUT2D eigenvalue weighted by atomic mass is 10.2. The van der Waals surface area contributed by atoms with Crippen molar-refractivity contribution < 1.29 is 14.1 Å². The van der Waals surface area contributed by atoms with Gasteiger partial charge in [0, 0.05) is 44.0 Å². The van der Waals surface area contributed by atoms with E-state index in [0.29, 0.717) is 6.54 Å². The molecule has 1 aromatic carbocycles. The van der Waals surface area contributed by atoms with E-state index in [2.05, 4.69) is 20.3 Å². The van der Waals surface area contributed by atoms with Gasteiger partial charge in [0.25, 0.3) is 0 Å². The number of aromatic nitrogens is 1. The minimum Gasteiger partial charge on any atom is -0.497 e. The predicted octanol–water partition coefficient (Wildman–Crippen LogP) is 1.75. The smallest absolute Gasteiger partial charge is 0.238 e. The molecule has 0 atom stereocenters. The first-order valence-electron chi connectivity index (χ1n) is 8.43. The summed E-state index contributed by atoms with van der Waals surface area (Å²) in [6.07, 6.45) is 0. The van der Waals surface area contributed by atoms with Crippen LogP contribution in [0, 0.1) is 6.92 Å². The number of hydrogen-bond donors (Lipinski definition) is 1. The quantitative estimate of drug-likeness (QED) is 0.861. The Morgan fingerprint density at radius 2 is 2.00 bits per heavy atom. The zero-order valence-corrected chi connectivity index (χ0v) is 14.7. The predicted molar refractivity (Wildman–Crippen MR) is 94.6 cm³/mol. The number of ether oxygens (including phenoxy) is 1. The normalized spacial score (nSPS) is 15.9.